The highest BCUT2D eigenvalue weighted by molar-refractivity contribution is 5.43. The molecule has 31 heavy (non-hydrogen) atoms. The van der Waals surface area contributed by atoms with Crippen LogP contribution in [0.25, 0.3) is 11.4 Å². The average Bonchev–Trinajstić information content (AvgIpc) is 3.41. The minimum Gasteiger partial charge on any atom is -0.240 e. The average molecular weight is 413 g/mol. The third kappa shape index (κ3) is 3.95. The lowest BCUT2D eigenvalue weighted by Gasteiger charge is -2.25. The fraction of sp³-hybridized carbons (Fsp3) is 0.333. The van der Waals surface area contributed by atoms with E-state index in [4.69, 9.17) is 10.2 Å². The van der Waals surface area contributed by atoms with Gasteiger partial charge < -0.3 is 0 Å². The van der Waals surface area contributed by atoms with E-state index in [1.807, 2.05) is 21.5 Å². The van der Waals surface area contributed by atoms with Crippen LogP contribution in [0.4, 0.5) is 0 Å². The van der Waals surface area contributed by atoms with Crippen molar-refractivity contribution in [2.45, 2.75) is 58.8 Å². The molecule has 2 heterocycles. The summed E-state index contributed by atoms with van der Waals surface area (Å²) in [6, 6.07) is 20.7. The van der Waals surface area contributed by atoms with Crippen molar-refractivity contribution in [1.29, 1.82) is 0 Å². The van der Waals surface area contributed by atoms with Gasteiger partial charge >= 0.3 is 0 Å². The molecule has 0 atom stereocenters. The molecule has 2 aromatic heterocycles. The van der Waals surface area contributed by atoms with Crippen molar-refractivity contribution >= 4 is 0 Å². The summed E-state index contributed by atoms with van der Waals surface area (Å²) in [4.78, 5) is 0. The van der Waals surface area contributed by atoms with Crippen molar-refractivity contribution in [3.05, 3.63) is 95.6 Å². The minimum absolute atomic E-state index is 0.334. The van der Waals surface area contributed by atoms with Gasteiger partial charge in [0.25, 0.3) is 0 Å². The number of nitrogens with zero attached hydrogens (tertiary/aromatic N) is 4. The zero-order valence-corrected chi connectivity index (χ0v) is 19.4. The van der Waals surface area contributed by atoms with E-state index in [-0.39, 0.29) is 5.41 Å². The standard InChI is InChI=1S/C27H32N4/c1-19(2)23-17-30(21-13-9-7-10-14-21)28-25(23)27(5,6)26-24(20(3)4)18-31(29-26)22-15-11-8-12-16-22/h7-20H,1-6H3. The molecular formula is C27H32N4. The van der Waals surface area contributed by atoms with E-state index in [2.05, 4.69) is 102 Å². The third-order valence-electron chi connectivity index (χ3n) is 5.95. The molecule has 0 spiro atoms. The lowest BCUT2D eigenvalue weighted by Crippen LogP contribution is -2.24. The topological polar surface area (TPSA) is 35.6 Å². The van der Waals surface area contributed by atoms with Crippen LogP contribution in [0.3, 0.4) is 0 Å². The zero-order valence-electron chi connectivity index (χ0n) is 19.4. The van der Waals surface area contributed by atoms with Crippen LogP contribution in [-0.4, -0.2) is 19.6 Å². The number of hydrogen-bond acceptors (Lipinski definition) is 2. The summed E-state index contributed by atoms with van der Waals surface area (Å²) >= 11 is 0. The Morgan fingerprint density at radius 1 is 0.613 bits per heavy atom. The first-order valence-corrected chi connectivity index (χ1v) is 11.1. The summed E-state index contributed by atoms with van der Waals surface area (Å²) in [6.45, 7) is 13.4. The van der Waals surface area contributed by atoms with Gasteiger partial charge in [-0.05, 0) is 61.1 Å². The van der Waals surface area contributed by atoms with Gasteiger partial charge in [-0.1, -0.05) is 64.1 Å². The highest BCUT2D eigenvalue weighted by atomic mass is 15.3. The summed E-state index contributed by atoms with van der Waals surface area (Å²) < 4.78 is 4.02. The van der Waals surface area contributed by atoms with Gasteiger partial charge in [0.05, 0.1) is 28.2 Å². The van der Waals surface area contributed by atoms with Crippen LogP contribution in [0.1, 0.15) is 75.9 Å². The lowest BCUT2D eigenvalue weighted by atomic mass is 9.78. The summed E-state index contributed by atoms with van der Waals surface area (Å²) in [5.41, 5.74) is 6.52. The maximum absolute atomic E-state index is 5.10. The number of para-hydroxylation sites is 2. The van der Waals surface area contributed by atoms with Crippen LogP contribution in [0.5, 0.6) is 0 Å². The number of rotatable bonds is 6. The second kappa shape index (κ2) is 8.18. The molecule has 0 amide bonds. The maximum Gasteiger partial charge on any atom is 0.0780 e. The molecular weight excluding hydrogens is 380 g/mol. The molecule has 0 bridgehead atoms. The predicted octanol–water partition coefficient (Wildman–Crippen LogP) is 6.63. The van der Waals surface area contributed by atoms with Gasteiger partial charge in [-0.25, -0.2) is 9.36 Å². The fourth-order valence-electron chi connectivity index (χ4n) is 4.13. The van der Waals surface area contributed by atoms with Crippen LogP contribution in [0.15, 0.2) is 73.1 Å². The van der Waals surface area contributed by atoms with E-state index in [1.54, 1.807) is 0 Å². The molecule has 0 aliphatic rings. The van der Waals surface area contributed by atoms with E-state index in [0.29, 0.717) is 11.8 Å². The number of hydrogen-bond donors (Lipinski definition) is 0. The van der Waals surface area contributed by atoms with Crippen LogP contribution >= 0.6 is 0 Å². The molecule has 2 aromatic carbocycles. The van der Waals surface area contributed by atoms with Crippen LogP contribution in [0, 0.1) is 0 Å². The molecule has 4 nitrogen and oxygen atoms in total. The highest BCUT2D eigenvalue weighted by Crippen LogP contribution is 2.39. The molecule has 4 aromatic rings. The molecule has 0 aliphatic heterocycles. The summed E-state index contributed by atoms with van der Waals surface area (Å²) in [6.07, 6.45) is 4.36. The molecule has 0 saturated heterocycles. The third-order valence-corrected chi connectivity index (χ3v) is 5.95. The molecule has 4 rings (SSSR count). The van der Waals surface area contributed by atoms with Crippen LogP contribution in [0.2, 0.25) is 0 Å². The maximum atomic E-state index is 5.10. The first kappa shape index (κ1) is 21.1. The van der Waals surface area contributed by atoms with Gasteiger partial charge in [-0.3, -0.25) is 0 Å². The quantitative estimate of drug-likeness (QED) is 0.356. The Balaban J connectivity index is 1.87. The fourth-order valence-corrected chi connectivity index (χ4v) is 4.13. The van der Waals surface area contributed by atoms with Crippen molar-refractivity contribution in [2.24, 2.45) is 0 Å². The Morgan fingerprint density at radius 2 is 0.968 bits per heavy atom. The lowest BCUT2D eigenvalue weighted by molar-refractivity contribution is 0.558. The van der Waals surface area contributed by atoms with E-state index in [0.717, 1.165) is 22.8 Å². The van der Waals surface area contributed by atoms with Crippen molar-refractivity contribution in [1.82, 2.24) is 19.6 Å². The molecule has 160 valence electrons. The molecule has 4 heteroatoms. The smallest absolute Gasteiger partial charge is 0.0780 e. The Kier molecular flexibility index (Phi) is 5.57. The first-order chi connectivity index (χ1) is 14.8. The Hall–Kier alpha value is -3.14. The number of aromatic nitrogens is 4. The second-order valence-electron chi connectivity index (χ2n) is 9.36. The largest absolute Gasteiger partial charge is 0.240 e. The normalized spacial score (nSPS) is 12.1. The minimum atomic E-state index is -0.334. The van der Waals surface area contributed by atoms with Crippen molar-refractivity contribution < 1.29 is 0 Å². The highest BCUT2D eigenvalue weighted by Gasteiger charge is 2.35. The van der Waals surface area contributed by atoms with Crippen LogP contribution in [-0.2, 0) is 5.41 Å². The number of benzene rings is 2. The van der Waals surface area contributed by atoms with Gasteiger partial charge in [0.1, 0.15) is 0 Å². The molecule has 0 radical (unpaired) electrons. The molecule has 0 fully saturated rings. The van der Waals surface area contributed by atoms with E-state index >= 15 is 0 Å². The van der Waals surface area contributed by atoms with E-state index in [1.165, 1.54) is 11.1 Å². The van der Waals surface area contributed by atoms with Gasteiger partial charge in [-0.15, -0.1) is 0 Å². The van der Waals surface area contributed by atoms with Gasteiger partial charge in [0.15, 0.2) is 0 Å². The van der Waals surface area contributed by atoms with Crippen molar-refractivity contribution in [3.8, 4) is 11.4 Å². The Labute approximate surface area is 185 Å². The zero-order chi connectivity index (χ0) is 22.2. The Bertz CT molecular complexity index is 1060. The van der Waals surface area contributed by atoms with Crippen molar-refractivity contribution in [3.63, 3.8) is 0 Å². The monoisotopic (exact) mass is 412 g/mol. The predicted molar refractivity (Wildman–Crippen MR) is 127 cm³/mol. The van der Waals surface area contributed by atoms with E-state index < -0.39 is 0 Å². The Morgan fingerprint density at radius 3 is 1.29 bits per heavy atom. The van der Waals surface area contributed by atoms with Gasteiger partial charge in [0.2, 0.25) is 0 Å². The summed E-state index contributed by atoms with van der Waals surface area (Å²) in [5, 5.41) is 10.2. The van der Waals surface area contributed by atoms with Crippen LogP contribution < -0.4 is 0 Å². The molecule has 0 N–H and O–H groups in total. The van der Waals surface area contributed by atoms with E-state index in [9.17, 15) is 0 Å². The first-order valence-electron chi connectivity index (χ1n) is 11.1. The molecule has 0 saturated carbocycles. The van der Waals surface area contributed by atoms with Crippen molar-refractivity contribution in [2.75, 3.05) is 0 Å². The molecule has 0 unspecified atom stereocenters. The second-order valence-corrected chi connectivity index (χ2v) is 9.36. The SMILES string of the molecule is CC(C)c1cn(-c2ccccc2)nc1C(C)(C)c1nn(-c2ccccc2)cc1C(C)C. The van der Waals surface area contributed by atoms with Gasteiger partial charge in [0, 0.05) is 12.4 Å². The summed E-state index contributed by atoms with van der Waals surface area (Å²) in [5.74, 6) is 0.732. The molecule has 0 aliphatic carbocycles. The summed E-state index contributed by atoms with van der Waals surface area (Å²) in [7, 11) is 0. The van der Waals surface area contributed by atoms with Gasteiger partial charge in [-0.2, -0.15) is 10.2 Å².